The predicted octanol–water partition coefficient (Wildman–Crippen LogP) is 10.8. The number of piperazine rings is 5. The fraction of sp³-hybridized carbons (Fsp3) is 0.915. The predicted molar refractivity (Wildman–Crippen MR) is 368 cm³/mol. The summed E-state index contributed by atoms with van der Waals surface area (Å²) in [4.78, 5) is 95.6. The number of nitrogens with zero attached hydrogens (tertiary/aromatic N) is 10. The fourth-order valence-corrected chi connectivity index (χ4v) is 12.7. The van der Waals surface area contributed by atoms with Crippen LogP contribution in [0, 0.1) is 5.92 Å². The molecule has 0 aromatic heterocycles. The van der Waals surface area contributed by atoms with Crippen molar-refractivity contribution in [2.24, 2.45) is 5.92 Å². The SMILES string of the molecule is CC(C)(C)N1CCN(C(C)(C)C)C(=O)C1.CC(C)C[C@H]1C(=O)N(C(C)(C)C)CCN1C(C)(C)C.CCC[C@H]1C(=O)N(C(C)(C)C)CCN1C(C)(C)C.COC(=O)C1CN(C(C)(C)C)CC(=O)N1C(C)(C)C.COC[C@H]1C(=O)N(C(C)(C)C)CCN1C(C)(C)C. The Morgan fingerprint density at radius 3 is 1.06 bits per heavy atom. The van der Waals surface area contributed by atoms with E-state index in [9.17, 15) is 28.8 Å². The molecule has 0 bridgehead atoms. The van der Waals surface area contributed by atoms with Gasteiger partial charge in [0, 0.05) is 121 Å². The number of esters is 1. The third kappa shape index (κ3) is 24.8. The van der Waals surface area contributed by atoms with Crippen LogP contribution in [0.3, 0.4) is 0 Å². The van der Waals surface area contributed by atoms with Gasteiger partial charge in [0.25, 0.3) is 0 Å². The summed E-state index contributed by atoms with van der Waals surface area (Å²) >= 11 is 0. The second-order valence-corrected chi connectivity index (χ2v) is 35.8. The summed E-state index contributed by atoms with van der Waals surface area (Å²) < 4.78 is 10.1. The number of methoxy groups -OCH3 is 2. The number of carbonyl (C=O) groups excluding carboxylic acids is 6. The van der Waals surface area contributed by atoms with E-state index in [0.717, 1.165) is 71.6 Å². The van der Waals surface area contributed by atoms with Crippen LogP contribution in [0.4, 0.5) is 0 Å². The van der Waals surface area contributed by atoms with E-state index in [1.54, 1.807) is 12.0 Å². The Morgan fingerprint density at radius 1 is 0.416 bits per heavy atom. The number of hydrogen-bond acceptors (Lipinski definition) is 13. The Kier molecular flexibility index (Phi) is 29.7. The van der Waals surface area contributed by atoms with Crippen molar-refractivity contribution in [3.8, 4) is 0 Å². The van der Waals surface area contributed by atoms with Gasteiger partial charge in [-0.3, -0.25) is 48.5 Å². The van der Waals surface area contributed by atoms with E-state index in [0.29, 0.717) is 44.0 Å². The average molecular weight is 1260 g/mol. The lowest BCUT2D eigenvalue weighted by Gasteiger charge is -2.51. The first-order chi connectivity index (χ1) is 39.7. The van der Waals surface area contributed by atoms with E-state index in [1.807, 2.05) is 56.2 Å². The molecule has 5 heterocycles. The summed E-state index contributed by atoms with van der Waals surface area (Å²) in [5, 5.41) is 0. The molecule has 18 nitrogen and oxygen atoms in total. The lowest BCUT2D eigenvalue weighted by atomic mass is 9.91. The van der Waals surface area contributed by atoms with E-state index in [2.05, 4.69) is 216 Å². The van der Waals surface area contributed by atoms with Crippen LogP contribution in [0.5, 0.6) is 0 Å². The second-order valence-electron chi connectivity index (χ2n) is 35.8. The Balaban J connectivity index is 0.000000557. The maximum absolute atomic E-state index is 12.8. The number of carbonyl (C=O) groups is 6. The highest BCUT2D eigenvalue weighted by molar-refractivity contribution is 5.88. The number of hydrogen-bond donors (Lipinski definition) is 0. The monoisotopic (exact) mass is 1260 g/mol. The van der Waals surface area contributed by atoms with Gasteiger partial charge in [0.05, 0.1) is 38.9 Å². The van der Waals surface area contributed by atoms with Gasteiger partial charge in [0.15, 0.2) is 0 Å². The smallest absolute Gasteiger partial charge is 0.329 e. The molecule has 0 radical (unpaired) electrons. The zero-order valence-corrected chi connectivity index (χ0v) is 64.2. The molecule has 4 atom stereocenters. The molecule has 0 N–H and O–H groups in total. The number of ether oxygens (including phenoxy) is 2. The molecular formula is C71H140N10O8. The van der Waals surface area contributed by atoms with Gasteiger partial charge in [-0.25, -0.2) is 4.79 Å². The van der Waals surface area contributed by atoms with E-state index in [4.69, 9.17) is 9.47 Å². The Hall–Kier alpha value is -3.42. The van der Waals surface area contributed by atoms with Gasteiger partial charge in [-0.05, 0) is 226 Å². The summed E-state index contributed by atoms with van der Waals surface area (Å²) in [7, 11) is 3.02. The number of rotatable bonds is 7. The summed E-state index contributed by atoms with van der Waals surface area (Å²) in [5.74, 6) is 1.22. The zero-order chi connectivity index (χ0) is 70.1. The van der Waals surface area contributed by atoms with Gasteiger partial charge in [0.2, 0.25) is 29.5 Å². The Labute approximate surface area is 546 Å². The first kappa shape index (κ1) is 83.6. The summed E-state index contributed by atoms with van der Waals surface area (Å²) in [5.41, 5.74) is -0.621. The maximum atomic E-state index is 12.8. The molecule has 18 heteroatoms. The Morgan fingerprint density at radius 2 is 0.753 bits per heavy atom. The first-order valence-corrected chi connectivity index (χ1v) is 33.7. The van der Waals surface area contributed by atoms with Crippen LogP contribution in [-0.4, -0.2) is 257 Å². The van der Waals surface area contributed by atoms with Crippen molar-refractivity contribution >= 4 is 35.5 Å². The van der Waals surface area contributed by atoms with Crippen molar-refractivity contribution in [2.45, 2.75) is 327 Å². The van der Waals surface area contributed by atoms with E-state index in [1.165, 1.54) is 7.11 Å². The molecule has 0 aromatic rings. The van der Waals surface area contributed by atoms with Crippen molar-refractivity contribution in [1.29, 1.82) is 0 Å². The van der Waals surface area contributed by atoms with Crippen molar-refractivity contribution in [1.82, 2.24) is 49.0 Å². The molecule has 5 aliphatic rings. The van der Waals surface area contributed by atoms with Gasteiger partial charge < -0.3 is 34.0 Å². The van der Waals surface area contributed by atoms with Crippen LogP contribution in [0.1, 0.15) is 248 Å². The lowest BCUT2D eigenvalue weighted by molar-refractivity contribution is -0.166. The fourth-order valence-electron chi connectivity index (χ4n) is 12.7. The molecular weight excluding hydrogens is 1120 g/mol. The molecule has 0 spiro atoms. The van der Waals surface area contributed by atoms with Crippen LogP contribution < -0.4 is 0 Å². The van der Waals surface area contributed by atoms with Gasteiger partial charge in [-0.1, -0.05) is 27.2 Å². The normalized spacial score (nSPS) is 22.9. The zero-order valence-electron chi connectivity index (χ0n) is 64.2. The number of amides is 5. The average Bonchev–Trinajstić information content (AvgIpc) is 1.01. The van der Waals surface area contributed by atoms with Gasteiger partial charge in [-0.2, -0.15) is 0 Å². The maximum Gasteiger partial charge on any atom is 0.329 e. The third-order valence-electron chi connectivity index (χ3n) is 17.5. The second kappa shape index (κ2) is 31.7. The van der Waals surface area contributed by atoms with Crippen molar-refractivity contribution in [3.63, 3.8) is 0 Å². The highest BCUT2D eigenvalue weighted by Gasteiger charge is 2.48. The van der Waals surface area contributed by atoms with Crippen molar-refractivity contribution in [3.05, 3.63) is 0 Å². The van der Waals surface area contributed by atoms with Crippen LogP contribution in [-0.2, 0) is 38.2 Å². The molecule has 5 aliphatic heterocycles. The molecule has 0 aliphatic carbocycles. The third-order valence-corrected chi connectivity index (χ3v) is 17.5. The summed E-state index contributed by atoms with van der Waals surface area (Å²) in [6.07, 6.45) is 2.96. The molecule has 0 aromatic carbocycles. The highest BCUT2D eigenvalue weighted by atomic mass is 16.5. The molecule has 0 saturated carbocycles. The minimum Gasteiger partial charge on any atom is -0.467 e. The van der Waals surface area contributed by atoms with E-state index >= 15 is 0 Å². The highest BCUT2D eigenvalue weighted by Crippen LogP contribution is 2.33. The van der Waals surface area contributed by atoms with Gasteiger partial charge in [-0.15, -0.1) is 0 Å². The first-order valence-electron chi connectivity index (χ1n) is 33.7. The van der Waals surface area contributed by atoms with Crippen LogP contribution >= 0.6 is 0 Å². The minimum atomic E-state index is -0.537. The standard InChI is InChI=1S/C16H32N2O.C15H30N2O.C14H26N2O3.C14H28N2O2.C12H24N2O/c1-12(2)11-13-14(19)18(16(6,7)8)10-9-17(13)15(3,4)5;1-8-9-12-13(18)17(15(5,6)7)11-10-16(12)14(2,3)4;1-13(2,3)15-8-10(12(18)19-7)16(11(17)9-15)14(4,5)6;1-13(2,3)15-8-9-16(14(4,5)6)12(17)11(15)10-18-7;1-11(2,3)13-7-8-14(10(15)9-13)12(4,5)6/h12-13H,9-11H2,1-8H3;12H,8-11H2,1-7H3;10H,8-9H2,1-7H3;11H,8-10H2,1-7H3;7-9H2,1-6H3/t13-;12-;;11-;/m00.0./s1. The van der Waals surface area contributed by atoms with Crippen LogP contribution in [0.25, 0.3) is 0 Å². The Bertz CT molecular complexity index is 2210. The van der Waals surface area contributed by atoms with Crippen molar-refractivity contribution in [2.75, 3.05) is 92.8 Å². The summed E-state index contributed by atoms with van der Waals surface area (Å²) in [6, 6.07) is -0.607. The molecule has 89 heavy (non-hydrogen) atoms. The van der Waals surface area contributed by atoms with E-state index < -0.39 is 6.04 Å². The molecule has 5 fully saturated rings. The quantitative estimate of drug-likeness (QED) is 0.222. The minimum absolute atomic E-state index is 0.0111. The topological polar surface area (TPSA) is 153 Å². The van der Waals surface area contributed by atoms with Crippen LogP contribution in [0.15, 0.2) is 0 Å². The van der Waals surface area contributed by atoms with Crippen LogP contribution in [0.2, 0.25) is 0 Å². The van der Waals surface area contributed by atoms with Gasteiger partial charge >= 0.3 is 5.97 Å². The van der Waals surface area contributed by atoms with Crippen molar-refractivity contribution < 1.29 is 38.2 Å². The lowest BCUT2D eigenvalue weighted by Crippen LogP contribution is -2.67. The molecule has 5 rings (SSSR count). The molecule has 522 valence electrons. The largest absolute Gasteiger partial charge is 0.467 e. The molecule has 5 saturated heterocycles. The molecule has 5 amide bonds. The van der Waals surface area contributed by atoms with Gasteiger partial charge in [0.1, 0.15) is 12.1 Å². The van der Waals surface area contributed by atoms with E-state index in [-0.39, 0.29) is 97.2 Å². The molecule has 1 unspecified atom stereocenters. The summed E-state index contributed by atoms with van der Waals surface area (Å²) in [6.45, 7) is 79.0.